The first kappa shape index (κ1) is 99.9. The molecule has 0 aromatic heterocycles. The van der Waals surface area contributed by atoms with Crippen molar-refractivity contribution in [1.82, 2.24) is 0 Å². The van der Waals surface area contributed by atoms with E-state index in [1.54, 1.807) is 55.4 Å². The molecule has 0 amide bonds. The molecule has 4 rings (SSSR count). The molecule has 0 aliphatic rings. The van der Waals surface area contributed by atoms with Crippen LogP contribution in [0.5, 0.6) is 69.0 Å². The molecule has 0 aliphatic heterocycles. The number of benzene rings is 4. The van der Waals surface area contributed by atoms with Gasteiger partial charge in [0.1, 0.15) is 69.0 Å². The van der Waals surface area contributed by atoms with Crippen LogP contribution in [0.2, 0.25) is 0 Å². The van der Waals surface area contributed by atoms with Crippen molar-refractivity contribution in [2.75, 3.05) is 79.3 Å². The van der Waals surface area contributed by atoms with Gasteiger partial charge in [-0.05, 0) is 132 Å². The molecule has 0 aliphatic carbocycles. The normalized spacial score (nSPS) is 11.4. The Morgan fingerprint density at radius 3 is 0.400 bits per heavy atom. The molecule has 21 heteroatoms. The van der Waals surface area contributed by atoms with E-state index in [9.17, 15) is 21.0 Å². The van der Waals surface area contributed by atoms with Crippen molar-refractivity contribution in [3.63, 3.8) is 0 Å². The van der Waals surface area contributed by atoms with Crippen molar-refractivity contribution in [3.05, 3.63) is 70.8 Å². The van der Waals surface area contributed by atoms with Gasteiger partial charge in [0.2, 0.25) is 0 Å². The Bertz CT molecular complexity index is 2310. The molecule has 600 valence electrons. The molecule has 4 aromatic rings. The first-order chi connectivity index (χ1) is 50.0. The summed E-state index contributed by atoms with van der Waals surface area (Å²) in [6.07, 6.45) is 23.9. The molecule has 105 heavy (non-hydrogen) atoms. The maximum absolute atomic E-state index is 11.4. The van der Waals surface area contributed by atoms with E-state index >= 15 is 0 Å². The van der Waals surface area contributed by atoms with Gasteiger partial charge in [0, 0.05) is 48.5 Å². The molecule has 0 heterocycles. The van der Waals surface area contributed by atoms with Crippen molar-refractivity contribution in [2.45, 2.75) is 315 Å². The Morgan fingerprint density at radius 2 is 0.305 bits per heavy atom. The predicted octanol–water partition coefficient (Wildman–Crippen LogP) is 19.0. The average molecular weight is 1520 g/mol. The average Bonchev–Trinajstić information content (AvgIpc) is 0.813. The molecule has 0 saturated heterocycles. The molecule has 0 unspecified atom stereocenters. The van der Waals surface area contributed by atoms with Crippen LogP contribution in [0.4, 0.5) is 0 Å². The minimum absolute atomic E-state index is 0. The zero-order valence-electron chi connectivity index (χ0n) is 68.7. The van der Waals surface area contributed by atoms with Gasteiger partial charge < -0.3 is 97.4 Å². The number of ether oxygens (including phenoxy) is 12. The zero-order chi connectivity index (χ0) is 77.7. The molecular weight excluding hydrogens is 1380 g/mol. The fourth-order valence-corrected chi connectivity index (χ4v) is 10.00. The summed E-state index contributed by atoms with van der Waals surface area (Å²) in [5.41, 5.74) is -1.69. The molecule has 0 saturated carbocycles. The number of rotatable bonds is 56. The maximum atomic E-state index is 11.4. The second kappa shape index (κ2) is 58.8. The molecule has 0 radical (unpaired) electrons. The summed E-state index contributed by atoms with van der Waals surface area (Å²) in [6.45, 7) is 46.4. The fraction of sp³-hybridized carbons (Fsp3) is 0.714. The monoisotopic (exact) mass is 1520 g/mol. The van der Waals surface area contributed by atoms with Gasteiger partial charge in [-0.3, -0.25) is 0 Å². The maximum Gasteiger partial charge on any atom is 4.00 e. The largest absolute Gasteiger partial charge is 4.00 e. The van der Waals surface area contributed by atoms with Crippen molar-refractivity contribution < 1.29 is 119 Å². The van der Waals surface area contributed by atoms with E-state index in [2.05, 4.69) is 103 Å². The standard InChI is InChI=1S/4C21H36O5.Ti/c4*1-6-9-12-23-17-15-18(24-13-10-7-2)20(21(4,5)26-22)19(16-17)25-14-11-8-3;/h4*15-16,22H,6-14H2,1-5H3;/q;;;;+4/p-4. The first-order valence-corrected chi connectivity index (χ1v) is 39.5. The van der Waals surface area contributed by atoms with Gasteiger partial charge in [0.15, 0.2) is 0 Å². The molecule has 4 aromatic carbocycles. The Labute approximate surface area is 649 Å². The molecular formula is C84H140O20Ti. The molecule has 0 N–H and O–H groups in total. The number of hydrogen-bond acceptors (Lipinski definition) is 20. The summed E-state index contributed by atoms with van der Waals surface area (Å²) in [6, 6.07) is 14.7. The van der Waals surface area contributed by atoms with Crippen LogP contribution in [0.3, 0.4) is 0 Å². The van der Waals surface area contributed by atoms with E-state index in [4.69, 9.17) is 56.8 Å². The van der Waals surface area contributed by atoms with Gasteiger partial charge >= 0.3 is 21.7 Å². The smallest absolute Gasteiger partial charge is 0.723 e. The van der Waals surface area contributed by atoms with Crippen LogP contribution in [-0.2, 0) is 63.7 Å². The third-order valence-corrected chi connectivity index (χ3v) is 16.5. The SMILES string of the molecule is CCCCOc1cc(OCCCC)c(C(C)(C)O[O-])c(OCCCC)c1.CCCCOc1cc(OCCCC)c(C(C)(C)O[O-])c(OCCCC)c1.CCCCOc1cc(OCCCC)c(C(C)(C)O[O-])c(OCCCC)c1.CCCCOc1cc(OCCCC)c(C(C)(C)O[O-])c(OCCCC)c1.[Ti+4]. The Kier molecular flexibility index (Phi) is 56.0. The summed E-state index contributed by atoms with van der Waals surface area (Å²) in [7, 11) is 0. The molecule has 0 fully saturated rings. The van der Waals surface area contributed by atoms with Crippen LogP contribution < -0.4 is 77.9 Å². The Balaban J connectivity index is 0.00000137. The predicted molar refractivity (Wildman–Crippen MR) is 407 cm³/mol. The number of hydrogen-bond donors (Lipinski definition) is 0. The second-order valence-electron chi connectivity index (χ2n) is 28.0. The zero-order valence-corrected chi connectivity index (χ0v) is 70.3. The van der Waals surface area contributed by atoms with E-state index in [1.807, 2.05) is 48.5 Å². The Morgan fingerprint density at radius 1 is 0.200 bits per heavy atom. The third-order valence-electron chi connectivity index (χ3n) is 16.5. The summed E-state index contributed by atoms with van der Waals surface area (Å²) >= 11 is 0. The fourth-order valence-electron chi connectivity index (χ4n) is 10.00. The third kappa shape index (κ3) is 38.7. The van der Waals surface area contributed by atoms with Crippen LogP contribution in [0.15, 0.2) is 48.5 Å². The van der Waals surface area contributed by atoms with Gasteiger partial charge in [0.25, 0.3) is 0 Å². The molecule has 0 bridgehead atoms. The molecule has 0 spiro atoms. The molecule has 0 atom stereocenters. The Hall–Kier alpha value is -5.13. The van der Waals surface area contributed by atoms with Gasteiger partial charge in [-0.25, -0.2) is 0 Å². The van der Waals surface area contributed by atoms with Crippen LogP contribution in [0.1, 0.15) is 315 Å². The minimum Gasteiger partial charge on any atom is -0.723 e. The van der Waals surface area contributed by atoms with Crippen molar-refractivity contribution in [3.8, 4) is 69.0 Å². The van der Waals surface area contributed by atoms with Gasteiger partial charge in [-0.15, -0.1) is 0 Å². The quantitative estimate of drug-likeness (QED) is 0.0173. The summed E-state index contributed by atoms with van der Waals surface area (Å²) < 4.78 is 71.3. The van der Waals surface area contributed by atoms with Crippen LogP contribution in [0.25, 0.3) is 0 Å². The summed E-state index contributed by atoms with van der Waals surface area (Å²) in [5.74, 6) is 7.56. The van der Waals surface area contributed by atoms with Crippen molar-refractivity contribution in [2.24, 2.45) is 0 Å². The van der Waals surface area contributed by atoms with Crippen LogP contribution >= 0.6 is 0 Å². The van der Waals surface area contributed by atoms with Gasteiger partial charge in [-0.1, -0.05) is 160 Å². The topological polar surface area (TPSA) is 240 Å². The van der Waals surface area contributed by atoms with E-state index in [-0.39, 0.29) is 21.7 Å². The van der Waals surface area contributed by atoms with Gasteiger partial charge in [0.05, 0.1) is 124 Å². The van der Waals surface area contributed by atoms with Crippen molar-refractivity contribution >= 4 is 0 Å². The van der Waals surface area contributed by atoms with E-state index in [0.29, 0.717) is 171 Å². The van der Waals surface area contributed by atoms with E-state index in [0.717, 1.165) is 154 Å². The van der Waals surface area contributed by atoms with Crippen LogP contribution in [0, 0.1) is 0 Å². The number of unbranched alkanes of at least 4 members (excludes halogenated alkanes) is 12. The minimum atomic E-state index is -1.06. The van der Waals surface area contributed by atoms with E-state index < -0.39 is 22.4 Å². The second-order valence-corrected chi connectivity index (χ2v) is 28.0. The summed E-state index contributed by atoms with van der Waals surface area (Å²) in [5, 5.41) is 45.5. The van der Waals surface area contributed by atoms with Crippen molar-refractivity contribution in [1.29, 1.82) is 0 Å². The van der Waals surface area contributed by atoms with Gasteiger partial charge in [-0.2, -0.15) is 0 Å². The van der Waals surface area contributed by atoms with Crippen LogP contribution in [-0.4, -0.2) is 79.3 Å². The first-order valence-electron chi connectivity index (χ1n) is 39.5. The molecule has 20 nitrogen and oxygen atoms in total. The van der Waals surface area contributed by atoms with E-state index in [1.165, 1.54) is 0 Å². The summed E-state index contributed by atoms with van der Waals surface area (Å²) in [4.78, 5) is 18.0.